The second-order valence-electron chi connectivity index (χ2n) is 7.47. The van der Waals surface area contributed by atoms with Crippen molar-refractivity contribution < 1.29 is 9.59 Å². The van der Waals surface area contributed by atoms with Gasteiger partial charge in [-0.2, -0.15) is 0 Å². The number of benzene rings is 1. The molecule has 0 aliphatic carbocycles. The number of hydrogen-bond donors (Lipinski definition) is 2. The molecule has 160 valence electrons. The number of nitrogens with one attached hydrogen (secondary N) is 2. The summed E-state index contributed by atoms with van der Waals surface area (Å²) in [5.41, 5.74) is 1.35. The quantitative estimate of drug-likeness (QED) is 0.263. The molecule has 2 saturated heterocycles. The van der Waals surface area contributed by atoms with Gasteiger partial charge in [-0.15, -0.1) is 24.0 Å². The predicted molar refractivity (Wildman–Crippen MR) is 125 cm³/mol. The molecule has 7 nitrogen and oxygen atoms in total. The van der Waals surface area contributed by atoms with Crippen molar-refractivity contribution in [3.05, 3.63) is 35.9 Å². The van der Waals surface area contributed by atoms with E-state index in [0.29, 0.717) is 38.4 Å². The molecule has 29 heavy (non-hydrogen) atoms. The van der Waals surface area contributed by atoms with E-state index in [0.717, 1.165) is 38.4 Å². The molecule has 0 unspecified atom stereocenters. The van der Waals surface area contributed by atoms with E-state index in [1.165, 1.54) is 10.5 Å². The normalized spacial score (nSPS) is 19.1. The van der Waals surface area contributed by atoms with Gasteiger partial charge in [0, 0.05) is 58.7 Å². The van der Waals surface area contributed by atoms with Crippen LogP contribution in [0.5, 0.6) is 0 Å². The number of piperidine rings is 2. The molecular weight excluding hydrogens is 481 g/mol. The van der Waals surface area contributed by atoms with Gasteiger partial charge < -0.3 is 10.6 Å². The molecule has 0 spiro atoms. The van der Waals surface area contributed by atoms with Crippen LogP contribution >= 0.6 is 24.0 Å². The van der Waals surface area contributed by atoms with E-state index in [1.54, 1.807) is 7.05 Å². The van der Waals surface area contributed by atoms with Crippen LogP contribution < -0.4 is 10.6 Å². The highest BCUT2D eigenvalue weighted by molar-refractivity contribution is 14.0. The van der Waals surface area contributed by atoms with E-state index < -0.39 is 0 Å². The van der Waals surface area contributed by atoms with Crippen molar-refractivity contribution >= 4 is 41.8 Å². The zero-order chi connectivity index (χ0) is 19.8. The first-order valence-electron chi connectivity index (χ1n) is 10.2. The van der Waals surface area contributed by atoms with E-state index in [4.69, 9.17) is 0 Å². The van der Waals surface area contributed by atoms with Crippen LogP contribution in [0.15, 0.2) is 35.3 Å². The van der Waals surface area contributed by atoms with E-state index in [1.807, 2.05) is 0 Å². The fourth-order valence-electron chi connectivity index (χ4n) is 3.80. The Balaban J connectivity index is 0.00000300. The van der Waals surface area contributed by atoms with Crippen LogP contribution in [-0.2, 0) is 16.1 Å². The lowest BCUT2D eigenvalue weighted by Gasteiger charge is -2.33. The molecule has 3 rings (SSSR count). The summed E-state index contributed by atoms with van der Waals surface area (Å²) in [5, 5.41) is 6.71. The minimum atomic E-state index is -0.0632. The first kappa shape index (κ1) is 23.6. The van der Waals surface area contributed by atoms with Crippen LogP contribution in [-0.4, -0.2) is 66.8 Å². The number of nitrogens with zero attached hydrogens (tertiary/aromatic N) is 3. The van der Waals surface area contributed by atoms with E-state index >= 15 is 0 Å². The van der Waals surface area contributed by atoms with Gasteiger partial charge in [0.1, 0.15) is 0 Å². The Hall–Kier alpha value is -1.68. The van der Waals surface area contributed by atoms with Crippen LogP contribution in [0, 0.1) is 0 Å². The first-order valence-corrected chi connectivity index (χ1v) is 10.2. The fraction of sp³-hybridized carbons (Fsp3) is 0.571. The Labute approximate surface area is 190 Å². The molecule has 2 aliphatic heterocycles. The monoisotopic (exact) mass is 513 g/mol. The third kappa shape index (κ3) is 7.26. The SMILES string of the molecule is CN=C(NCCN1C(=O)CCCC1=O)NC1CCN(Cc2ccccc2)CC1.I. The minimum absolute atomic E-state index is 0. The van der Waals surface area contributed by atoms with Crippen LogP contribution in [0.3, 0.4) is 0 Å². The second-order valence-corrected chi connectivity index (χ2v) is 7.47. The summed E-state index contributed by atoms with van der Waals surface area (Å²) in [4.78, 5) is 31.8. The molecule has 1 aromatic carbocycles. The van der Waals surface area contributed by atoms with Crippen molar-refractivity contribution in [1.29, 1.82) is 0 Å². The largest absolute Gasteiger partial charge is 0.355 e. The first-order chi connectivity index (χ1) is 13.7. The number of rotatable bonds is 6. The van der Waals surface area contributed by atoms with Crippen LogP contribution in [0.2, 0.25) is 0 Å². The molecule has 0 bridgehead atoms. The number of halogens is 1. The summed E-state index contributed by atoms with van der Waals surface area (Å²) in [5.74, 6) is 0.608. The van der Waals surface area contributed by atoms with Crippen molar-refractivity contribution in [2.45, 2.75) is 44.7 Å². The number of likely N-dealkylation sites (tertiary alicyclic amines) is 2. The van der Waals surface area contributed by atoms with Gasteiger partial charge in [-0.3, -0.25) is 24.4 Å². The predicted octanol–water partition coefficient (Wildman–Crippen LogP) is 1.97. The second kappa shape index (κ2) is 12.1. The lowest BCUT2D eigenvalue weighted by atomic mass is 10.0. The lowest BCUT2D eigenvalue weighted by molar-refractivity contribution is -0.147. The Morgan fingerprint density at radius 1 is 1.10 bits per heavy atom. The average Bonchev–Trinajstić information content (AvgIpc) is 2.71. The molecule has 2 heterocycles. The summed E-state index contributed by atoms with van der Waals surface area (Å²) >= 11 is 0. The maximum atomic E-state index is 11.9. The van der Waals surface area contributed by atoms with Crippen molar-refractivity contribution in [2.24, 2.45) is 4.99 Å². The van der Waals surface area contributed by atoms with Crippen molar-refractivity contribution in [2.75, 3.05) is 33.2 Å². The zero-order valence-electron chi connectivity index (χ0n) is 17.1. The van der Waals surface area contributed by atoms with Gasteiger partial charge in [0.05, 0.1) is 0 Å². The third-order valence-corrected chi connectivity index (χ3v) is 5.41. The minimum Gasteiger partial charge on any atom is -0.355 e. The van der Waals surface area contributed by atoms with Crippen LogP contribution in [0.1, 0.15) is 37.7 Å². The molecule has 2 N–H and O–H groups in total. The fourth-order valence-corrected chi connectivity index (χ4v) is 3.80. The highest BCUT2D eigenvalue weighted by Crippen LogP contribution is 2.14. The number of hydrogen-bond acceptors (Lipinski definition) is 4. The van der Waals surface area contributed by atoms with E-state index in [9.17, 15) is 9.59 Å². The number of guanidine groups is 1. The highest BCUT2D eigenvalue weighted by atomic mass is 127. The Morgan fingerprint density at radius 2 is 1.76 bits per heavy atom. The number of carbonyl (C=O) groups is 2. The molecular formula is C21H32IN5O2. The molecule has 2 fully saturated rings. The summed E-state index contributed by atoms with van der Waals surface area (Å²) in [6.07, 6.45) is 3.75. The van der Waals surface area contributed by atoms with E-state index in [-0.39, 0.29) is 35.8 Å². The van der Waals surface area contributed by atoms with Gasteiger partial charge in [0.15, 0.2) is 5.96 Å². The van der Waals surface area contributed by atoms with Crippen molar-refractivity contribution in [3.8, 4) is 0 Å². The summed E-state index contributed by atoms with van der Waals surface area (Å²) in [6.45, 7) is 4.02. The highest BCUT2D eigenvalue weighted by Gasteiger charge is 2.25. The van der Waals surface area contributed by atoms with Crippen LogP contribution in [0.25, 0.3) is 0 Å². The zero-order valence-corrected chi connectivity index (χ0v) is 19.4. The molecule has 0 saturated carbocycles. The lowest BCUT2D eigenvalue weighted by Crippen LogP contribution is -2.50. The Morgan fingerprint density at radius 3 is 2.38 bits per heavy atom. The van der Waals surface area contributed by atoms with Crippen molar-refractivity contribution in [3.63, 3.8) is 0 Å². The molecule has 2 aliphatic rings. The van der Waals surface area contributed by atoms with Crippen molar-refractivity contribution in [1.82, 2.24) is 20.4 Å². The maximum Gasteiger partial charge on any atom is 0.229 e. The summed E-state index contributed by atoms with van der Waals surface area (Å²) in [6, 6.07) is 11.0. The standard InChI is InChI=1S/C21H31N5O2.HI/c1-22-21(23-12-15-26-19(27)8-5-9-20(26)28)24-18-10-13-25(14-11-18)16-17-6-3-2-4-7-17;/h2-4,6-7,18H,5,8-16H2,1H3,(H2,22,23,24);1H. The average molecular weight is 513 g/mol. The third-order valence-electron chi connectivity index (χ3n) is 5.41. The Bertz CT molecular complexity index is 674. The molecule has 8 heteroatoms. The van der Waals surface area contributed by atoms with Gasteiger partial charge in [0.25, 0.3) is 0 Å². The van der Waals surface area contributed by atoms with Crippen LogP contribution in [0.4, 0.5) is 0 Å². The summed E-state index contributed by atoms with van der Waals surface area (Å²) < 4.78 is 0. The van der Waals surface area contributed by atoms with Gasteiger partial charge in [0.2, 0.25) is 11.8 Å². The Kier molecular flexibility index (Phi) is 9.86. The molecule has 0 aromatic heterocycles. The van der Waals surface area contributed by atoms with Gasteiger partial charge in [-0.05, 0) is 24.8 Å². The van der Waals surface area contributed by atoms with Gasteiger partial charge in [-0.1, -0.05) is 30.3 Å². The molecule has 1 aromatic rings. The molecule has 0 atom stereocenters. The number of carbonyl (C=O) groups excluding carboxylic acids is 2. The number of imide groups is 1. The summed E-state index contributed by atoms with van der Waals surface area (Å²) in [7, 11) is 1.75. The molecule has 0 radical (unpaired) electrons. The molecule has 2 amide bonds. The van der Waals surface area contributed by atoms with E-state index in [2.05, 4.69) is 50.9 Å². The number of amides is 2. The van der Waals surface area contributed by atoms with Gasteiger partial charge >= 0.3 is 0 Å². The topological polar surface area (TPSA) is 77.0 Å². The maximum absolute atomic E-state index is 11.9. The van der Waals surface area contributed by atoms with Gasteiger partial charge in [-0.25, -0.2) is 0 Å². The smallest absolute Gasteiger partial charge is 0.229 e. The number of aliphatic imine (C=N–C) groups is 1.